The van der Waals surface area contributed by atoms with E-state index < -0.39 is 0 Å². The third-order valence-corrected chi connectivity index (χ3v) is 10.9. The molecule has 55 heavy (non-hydrogen) atoms. The molecule has 1 aliphatic carbocycles. The third-order valence-electron chi connectivity index (χ3n) is 10.9. The monoisotopic (exact) mass is 749 g/mol. The Morgan fingerprint density at radius 2 is 0.636 bits per heavy atom. The van der Waals surface area contributed by atoms with Crippen molar-refractivity contribution in [1.29, 1.82) is 0 Å². The highest BCUT2D eigenvalue weighted by Crippen LogP contribution is 2.23. The second-order valence-electron chi connectivity index (χ2n) is 16.8. The van der Waals surface area contributed by atoms with Crippen molar-refractivity contribution in [2.75, 3.05) is 0 Å². The number of hydrogen-bond acceptors (Lipinski definition) is 2. The summed E-state index contributed by atoms with van der Waals surface area (Å²) in [7, 11) is 0. The van der Waals surface area contributed by atoms with E-state index in [1.165, 1.54) is 75.5 Å². The lowest BCUT2D eigenvalue weighted by Gasteiger charge is -2.13. The van der Waals surface area contributed by atoms with Crippen LogP contribution in [0.5, 0.6) is 0 Å². The fraction of sp³-hybridized carbons (Fsp3) is 0.547. The predicted molar refractivity (Wildman–Crippen MR) is 244 cm³/mol. The molecule has 1 aliphatic rings. The number of carbonyl (C=O) groups is 2. The summed E-state index contributed by atoms with van der Waals surface area (Å²) in [6, 6.07) is 0. The Morgan fingerprint density at radius 3 is 0.909 bits per heavy atom. The fourth-order valence-corrected chi connectivity index (χ4v) is 6.59. The summed E-state index contributed by atoms with van der Waals surface area (Å²) in [5.41, 5.74) is 14.9. The van der Waals surface area contributed by atoms with Crippen molar-refractivity contribution in [3.8, 4) is 0 Å². The maximum Gasteiger partial charge on any atom is 0.185 e. The highest BCUT2D eigenvalue weighted by Gasteiger charge is 2.22. The number of rotatable bonds is 26. The molecule has 0 heterocycles. The van der Waals surface area contributed by atoms with E-state index in [2.05, 4.69) is 124 Å². The topological polar surface area (TPSA) is 34.1 Å². The molecule has 304 valence electrons. The number of Topliss-reactive ketones (excluding diaryl/α,β-unsaturated/α-hetero) is 1. The first-order valence-corrected chi connectivity index (χ1v) is 21.4. The summed E-state index contributed by atoms with van der Waals surface area (Å²) >= 11 is 0. The minimum Gasteiger partial charge on any atom is -0.290 e. The first-order chi connectivity index (χ1) is 26.1. The summed E-state index contributed by atoms with van der Waals surface area (Å²) in [4.78, 5) is 24.6. The van der Waals surface area contributed by atoms with Crippen LogP contribution in [0.15, 0.2) is 128 Å². The van der Waals surface area contributed by atoms with E-state index in [0.29, 0.717) is 23.1 Å². The average Bonchev–Trinajstić information content (AvgIpc) is 3.11. The Morgan fingerprint density at radius 1 is 0.382 bits per heavy atom. The lowest BCUT2D eigenvalue weighted by atomic mass is 9.89. The molecule has 0 saturated heterocycles. The molecule has 0 unspecified atom stereocenters. The van der Waals surface area contributed by atoms with Gasteiger partial charge in [0, 0.05) is 16.7 Å². The molecule has 2 nitrogen and oxygen atoms in total. The Kier molecular flexibility index (Phi) is 25.9. The van der Waals surface area contributed by atoms with Crippen molar-refractivity contribution < 1.29 is 9.59 Å². The molecule has 0 aromatic heterocycles. The predicted octanol–water partition coefficient (Wildman–Crippen LogP) is 16.6. The third kappa shape index (κ3) is 24.6. The molecule has 0 bridgehead atoms. The maximum atomic E-state index is 12.5. The molecule has 0 spiro atoms. The van der Waals surface area contributed by atoms with E-state index in [4.69, 9.17) is 0 Å². The molecule has 0 N–H and O–H groups in total. The maximum absolute atomic E-state index is 12.5. The molecule has 0 atom stereocenters. The van der Waals surface area contributed by atoms with Gasteiger partial charge in [-0.3, -0.25) is 9.59 Å². The number of ketones is 2. The van der Waals surface area contributed by atoms with E-state index in [9.17, 15) is 9.59 Å². The second kappa shape index (κ2) is 28.8. The zero-order chi connectivity index (χ0) is 41.2. The van der Waals surface area contributed by atoms with Crippen molar-refractivity contribution in [2.45, 2.75) is 192 Å². The molecule has 0 aliphatic heterocycles. The Bertz CT molecular complexity index is 1590. The largest absolute Gasteiger partial charge is 0.290 e. The van der Waals surface area contributed by atoms with Gasteiger partial charge >= 0.3 is 0 Å². The number of allylic oxidation sites excluding steroid dienone is 22. The van der Waals surface area contributed by atoms with Crippen LogP contribution in [-0.4, -0.2) is 11.6 Å². The molecular formula is C53H80O2. The van der Waals surface area contributed by atoms with Gasteiger partial charge in [-0.2, -0.15) is 0 Å². The molecular weight excluding hydrogens is 669 g/mol. The van der Waals surface area contributed by atoms with Gasteiger partial charge in [0.05, 0.1) is 0 Å². The molecule has 0 aromatic rings. The molecule has 0 radical (unpaired) electrons. The summed E-state index contributed by atoms with van der Waals surface area (Å²) in [5, 5.41) is 0. The van der Waals surface area contributed by atoms with Gasteiger partial charge in [-0.05, 0) is 198 Å². The van der Waals surface area contributed by atoms with Gasteiger partial charge in [-0.15, -0.1) is 0 Å². The van der Waals surface area contributed by atoms with Crippen LogP contribution in [0.3, 0.4) is 0 Å². The lowest BCUT2D eigenvalue weighted by molar-refractivity contribution is -0.115. The van der Waals surface area contributed by atoms with Gasteiger partial charge in [0.2, 0.25) is 0 Å². The Hall–Kier alpha value is -3.52. The zero-order valence-corrected chi connectivity index (χ0v) is 37.6. The van der Waals surface area contributed by atoms with Crippen molar-refractivity contribution in [1.82, 2.24) is 0 Å². The van der Waals surface area contributed by atoms with Crippen LogP contribution in [0.1, 0.15) is 192 Å². The van der Waals surface area contributed by atoms with E-state index >= 15 is 0 Å². The van der Waals surface area contributed by atoms with E-state index in [1.807, 2.05) is 0 Å². The first kappa shape index (κ1) is 49.5. The summed E-state index contributed by atoms with van der Waals surface area (Å²) in [5.74, 6) is -0.0259. The normalized spacial score (nSPS) is 16.0. The van der Waals surface area contributed by atoms with Crippen LogP contribution < -0.4 is 0 Å². The summed E-state index contributed by atoms with van der Waals surface area (Å²) in [6.45, 7) is 25.9. The van der Waals surface area contributed by atoms with Crippen molar-refractivity contribution >= 4 is 11.6 Å². The molecule has 2 heteroatoms. The molecule has 1 rings (SSSR count). The van der Waals surface area contributed by atoms with E-state index in [1.54, 1.807) is 13.8 Å². The smallest absolute Gasteiger partial charge is 0.185 e. The van der Waals surface area contributed by atoms with Crippen LogP contribution >= 0.6 is 0 Å². The van der Waals surface area contributed by atoms with Gasteiger partial charge in [-0.25, -0.2) is 0 Å². The van der Waals surface area contributed by atoms with Crippen LogP contribution in [0, 0.1) is 0 Å². The van der Waals surface area contributed by atoms with Gasteiger partial charge < -0.3 is 0 Å². The van der Waals surface area contributed by atoms with Gasteiger partial charge in [0.15, 0.2) is 11.6 Å². The average molecular weight is 749 g/mol. The van der Waals surface area contributed by atoms with E-state index in [-0.39, 0.29) is 11.6 Å². The fourth-order valence-electron chi connectivity index (χ4n) is 6.59. The second-order valence-corrected chi connectivity index (χ2v) is 16.8. The minimum atomic E-state index is -0.0352. The van der Waals surface area contributed by atoms with Gasteiger partial charge in [0.25, 0.3) is 0 Å². The molecule has 0 fully saturated rings. The van der Waals surface area contributed by atoms with Crippen molar-refractivity contribution in [3.05, 3.63) is 128 Å². The zero-order valence-electron chi connectivity index (χ0n) is 37.6. The van der Waals surface area contributed by atoms with Crippen molar-refractivity contribution in [2.24, 2.45) is 0 Å². The summed E-state index contributed by atoms with van der Waals surface area (Å²) < 4.78 is 0. The van der Waals surface area contributed by atoms with E-state index in [0.717, 1.165) is 83.5 Å². The van der Waals surface area contributed by atoms with Gasteiger partial charge in [0.1, 0.15) is 0 Å². The minimum absolute atomic E-state index is 0.00932. The molecule has 0 amide bonds. The highest BCUT2D eigenvalue weighted by molar-refractivity contribution is 6.22. The number of hydrogen-bond donors (Lipinski definition) is 0. The van der Waals surface area contributed by atoms with Crippen LogP contribution in [0.2, 0.25) is 0 Å². The number of carbonyl (C=O) groups excluding carboxylic acids is 2. The quantitative estimate of drug-likeness (QED) is 0.0652. The molecule has 0 aromatic carbocycles. The SMILES string of the molecule is CC(C)=CCC/C(C)=C/CC/C(C)=C/CC/C(C)=C/CC/C(C)=C/CC/C(C)=C/CC/C(C)=C/CC/C(C)=C/CC/C(C)=C\CC1=CC(=O)C(C)=C(C)C1=O. The van der Waals surface area contributed by atoms with Crippen molar-refractivity contribution in [3.63, 3.8) is 0 Å². The van der Waals surface area contributed by atoms with Crippen LogP contribution in [0.25, 0.3) is 0 Å². The standard InChI is InChI=1S/C53H80O2/c1-40(2)21-13-22-41(3)23-14-24-42(4)25-15-26-43(5)27-16-28-44(6)29-17-30-45(7)31-18-32-46(8)33-19-34-47(9)35-20-36-48(10)37-38-51-39-52(54)49(11)50(12)53(51)55/h21,23,25,27,29,31,33,35,37,39H,13-20,22,24,26,28,30,32,34,36,38H2,1-12H3/b41-23+,42-25+,43-27+,44-29+,45-31+,46-33+,47-35+,48-37-. The highest BCUT2D eigenvalue weighted by atomic mass is 16.1. The molecule has 0 saturated carbocycles. The van der Waals surface area contributed by atoms with Crippen LogP contribution in [-0.2, 0) is 9.59 Å². The Balaban J connectivity index is 2.27. The van der Waals surface area contributed by atoms with Gasteiger partial charge in [-0.1, -0.05) is 105 Å². The summed E-state index contributed by atoms with van der Waals surface area (Å²) in [6.07, 6.45) is 41.5. The van der Waals surface area contributed by atoms with Crippen LogP contribution in [0.4, 0.5) is 0 Å². The lowest BCUT2D eigenvalue weighted by Crippen LogP contribution is -2.16. The first-order valence-electron chi connectivity index (χ1n) is 21.4. The Labute approximate surface area is 339 Å².